The van der Waals surface area contributed by atoms with Crippen molar-refractivity contribution in [3.63, 3.8) is 0 Å². The monoisotopic (exact) mass is 262 g/mol. The zero-order valence-corrected chi connectivity index (χ0v) is 11.8. The van der Waals surface area contributed by atoms with Gasteiger partial charge in [0.1, 0.15) is 5.75 Å². The third-order valence-corrected chi connectivity index (χ3v) is 3.74. The molecule has 1 aromatic rings. The summed E-state index contributed by atoms with van der Waals surface area (Å²) in [6.45, 7) is 2.74. The largest absolute Gasteiger partial charge is 0.496 e. The molecule has 0 atom stereocenters. The Morgan fingerprint density at radius 2 is 2.16 bits per heavy atom. The molecule has 0 aromatic heterocycles. The van der Waals surface area contributed by atoms with Crippen LogP contribution in [0.3, 0.4) is 0 Å². The fraction of sp³-hybridized carbons (Fsp3) is 0.533. The summed E-state index contributed by atoms with van der Waals surface area (Å²) in [5.74, 6) is 1.19. The lowest BCUT2D eigenvalue weighted by atomic mass is 9.80. The zero-order chi connectivity index (χ0) is 14.0. The van der Waals surface area contributed by atoms with Gasteiger partial charge >= 0.3 is 0 Å². The molecule has 1 saturated carbocycles. The maximum atomic E-state index is 12.4. The Labute approximate surface area is 114 Å². The van der Waals surface area contributed by atoms with E-state index in [2.05, 4.69) is 0 Å². The molecule has 104 valence electrons. The van der Waals surface area contributed by atoms with Gasteiger partial charge in [-0.3, -0.25) is 4.79 Å². The summed E-state index contributed by atoms with van der Waals surface area (Å²) in [6, 6.07) is 5.99. The predicted molar refractivity (Wildman–Crippen MR) is 75.4 cm³/mol. The molecule has 1 fully saturated rings. The van der Waals surface area contributed by atoms with Crippen LogP contribution in [-0.4, -0.2) is 37.6 Å². The van der Waals surface area contributed by atoms with Crippen LogP contribution in [0, 0.1) is 12.8 Å². The molecule has 0 aliphatic heterocycles. The molecular weight excluding hydrogens is 240 g/mol. The first-order valence-electron chi connectivity index (χ1n) is 6.67. The zero-order valence-electron chi connectivity index (χ0n) is 11.8. The maximum Gasteiger partial charge on any atom is 0.257 e. The first-order chi connectivity index (χ1) is 9.01. The lowest BCUT2D eigenvalue weighted by Gasteiger charge is -2.35. The van der Waals surface area contributed by atoms with E-state index in [1.165, 1.54) is 0 Å². The van der Waals surface area contributed by atoms with Crippen LogP contribution in [0.4, 0.5) is 0 Å². The fourth-order valence-corrected chi connectivity index (χ4v) is 2.60. The number of aryl methyl sites for hydroxylation is 1. The average Bonchev–Trinajstić information content (AvgIpc) is 2.35. The number of nitrogens with two attached hydrogens (primary N) is 1. The molecule has 0 unspecified atom stereocenters. The molecule has 0 radical (unpaired) electrons. The van der Waals surface area contributed by atoms with Gasteiger partial charge in [0.15, 0.2) is 0 Å². The van der Waals surface area contributed by atoms with Crippen LogP contribution < -0.4 is 10.5 Å². The van der Waals surface area contributed by atoms with Crippen molar-refractivity contribution in [3.8, 4) is 5.75 Å². The fourth-order valence-electron chi connectivity index (χ4n) is 2.60. The van der Waals surface area contributed by atoms with Crippen LogP contribution in [0.2, 0.25) is 0 Å². The molecular formula is C15H22N2O2. The Bertz CT molecular complexity index is 467. The highest BCUT2D eigenvalue weighted by Crippen LogP contribution is 2.27. The number of carbonyl (C=O) groups is 1. The minimum atomic E-state index is 0.0148. The van der Waals surface area contributed by atoms with Crippen molar-refractivity contribution in [2.45, 2.75) is 25.8 Å². The third kappa shape index (κ3) is 3.07. The summed E-state index contributed by atoms with van der Waals surface area (Å²) in [5.41, 5.74) is 7.47. The molecule has 1 amide bonds. The molecule has 4 heteroatoms. The van der Waals surface area contributed by atoms with Crippen LogP contribution in [0.15, 0.2) is 18.2 Å². The lowest BCUT2D eigenvalue weighted by molar-refractivity contribution is 0.0730. The summed E-state index contributed by atoms with van der Waals surface area (Å²) in [5, 5.41) is 0. The molecule has 1 aromatic carbocycles. The average molecular weight is 262 g/mol. The number of rotatable bonds is 4. The van der Waals surface area contributed by atoms with Crippen molar-refractivity contribution in [2.24, 2.45) is 11.7 Å². The van der Waals surface area contributed by atoms with Gasteiger partial charge in [-0.25, -0.2) is 0 Å². The number of methoxy groups -OCH3 is 1. The summed E-state index contributed by atoms with van der Waals surface area (Å²) < 4.78 is 5.27. The number of nitrogens with zero attached hydrogens (tertiary/aromatic N) is 1. The number of carbonyl (C=O) groups excluding carboxylic acids is 1. The van der Waals surface area contributed by atoms with Crippen LogP contribution >= 0.6 is 0 Å². The number of hydrogen-bond acceptors (Lipinski definition) is 3. The predicted octanol–water partition coefficient (Wildman–Crippen LogP) is 1.81. The topological polar surface area (TPSA) is 55.6 Å². The Balaban J connectivity index is 2.07. The summed E-state index contributed by atoms with van der Waals surface area (Å²) in [7, 11) is 3.43. The highest BCUT2D eigenvalue weighted by atomic mass is 16.5. The first kappa shape index (κ1) is 13.9. The van der Waals surface area contributed by atoms with E-state index in [-0.39, 0.29) is 5.91 Å². The molecule has 0 heterocycles. The highest BCUT2D eigenvalue weighted by molar-refractivity contribution is 5.97. The van der Waals surface area contributed by atoms with Gasteiger partial charge in [-0.1, -0.05) is 11.6 Å². The number of hydrogen-bond donors (Lipinski definition) is 1. The van der Waals surface area contributed by atoms with Crippen molar-refractivity contribution >= 4 is 5.91 Å². The summed E-state index contributed by atoms with van der Waals surface area (Å²) in [4.78, 5) is 14.2. The normalized spacial score (nSPS) is 21.7. The van der Waals surface area contributed by atoms with E-state index in [0.29, 0.717) is 23.3 Å². The molecule has 0 saturated heterocycles. The van der Waals surface area contributed by atoms with Crippen LogP contribution in [0.5, 0.6) is 5.75 Å². The lowest BCUT2D eigenvalue weighted by Crippen LogP contribution is -2.43. The van der Waals surface area contributed by atoms with Gasteiger partial charge in [-0.05, 0) is 37.8 Å². The van der Waals surface area contributed by atoms with Crippen molar-refractivity contribution < 1.29 is 9.53 Å². The third-order valence-electron chi connectivity index (χ3n) is 3.74. The molecule has 1 aliphatic rings. The van der Waals surface area contributed by atoms with E-state index < -0.39 is 0 Å². The van der Waals surface area contributed by atoms with Crippen LogP contribution in [-0.2, 0) is 0 Å². The van der Waals surface area contributed by atoms with Crippen molar-refractivity contribution in [2.75, 3.05) is 20.7 Å². The van der Waals surface area contributed by atoms with Gasteiger partial charge < -0.3 is 15.4 Å². The van der Waals surface area contributed by atoms with E-state index in [1.807, 2.05) is 32.2 Å². The van der Waals surface area contributed by atoms with Crippen molar-refractivity contribution in [3.05, 3.63) is 29.3 Å². The SMILES string of the molecule is COc1ccc(C)cc1C(=O)N(C)CC1CC(N)C1. The van der Waals surface area contributed by atoms with Gasteiger partial charge in [-0.15, -0.1) is 0 Å². The highest BCUT2D eigenvalue weighted by Gasteiger charge is 2.28. The summed E-state index contributed by atoms with van der Waals surface area (Å²) in [6.07, 6.45) is 2.03. The molecule has 19 heavy (non-hydrogen) atoms. The second-order valence-electron chi connectivity index (χ2n) is 5.49. The van der Waals surface area contributed by atoms with Gasteiger partial charge in [0, 0.05) is 19.6 Å². The van der Waals surface area contributed by atoms with E-state index in [0.717, 1.165) is 24.9 Å². The van der Waals surface area contributed by atoms with Gasteiger partial charge in [-0.2, -0.15) is 0 Å². The smallest absolute Gasteiger partial charge is 0.257 e. The maximum absolute atomic E-state index is 12.4. The number of benzene rings is 1. The van der Waals surface area contributed by atoms with Crippen LogP contribution in [0.25, 0.3) is 0 Å². The van der Waals surface area contributed by atoms with Crippen molar-refractivity contribution in [1.82, 2.24) is 4.90 Å². The number of amides is 1. The van der Waals surface area contributed by atoms with Gasteiger partial charge in [0.05, 0.1) is 12.7 Å². The molecule has 0 bridgehead atoms. The minimum absolute atomic E-state index is 0.0148. The molecule has 2 rings (SSSR count). The van der Waals surface area contributed by atoms with E-state index >= 15 is 0 Å². The Morgan fingerprint density at radius 1 is 1.47 bits per heavy atom. The standard InChI is InChI=1S/C15H22N2O2/c1-10-4-5-14(19-3)13(6-10)15(18)17(2)9-11-7-12(16)8-11/h4-6,11-12H,7-9,16H2,1-3H3. The molecule has 2 N–H and O–H groups in total. The molecule has 4 nitrogen and oxygen atoms in total. The Hall–Kier alpha value is -1.55. The quantitative estimate of drug-likeness (QED) is 0.900. The number of ether oxygens (including phenoxy) is 1. The Morgan fingerprint density at radius 3 is 2.74 bits per heavy atom. The second kappa shape index (κ2) is 5.61. The van der Waals surface area contributed by atoms with Crippen LogP contribution in [0.1, 0.15) is 28.8 Å². The Kier molecular flexibility index (Phi) is 4.10. The van der Waals surface area contributed by atoms with Gasteiger partial charge in [0.2, 0.25) is 0 Å². The minimum Gasteiger partial charge on any atom is -0.496 e. The second-order valence-corrected chi connectivity index (χ2v) is 5.49. The molecule has 0 spiro atoms. The van der Waals surface area contributed by atoms with Gasteiger partial charge in [0.25, 0.3) is 5.91 Å². The van der Waals surface area contributed by atoms with E-state index in [1.54, 1.807) is 12.0 Å². The molecule has 1 aliphatic carbocycles. The summed E-state index contributed by atoms with van der Waals surface area (Å²) >= 11 is 0. The van der Waals surface area contributed by atoms with E-state index in [4.69, 9.17) is 10.5 Å². The first-order valence-corrected chi connectivity index (χ1v) is 6.67. The van der Waals surface area contributed by atoms with E-state index in [9.17, 15) is 4.79 Å². The van der Waals surface area contributed by atoms with Crippen molar-refractivity contribution in [1.29, 1.82) is 0 Å².